The number of nitrogens with zero attached hydrogens (tertiary/aromatic N) is 2. The molecule has 0 unspecified atom stereocenters. The van der Waals surface area contributed by atoms with Gasteiger partial charge in [0.2, 0.25) is 0 Å². The van der Waals surface area contributed by atoms with Crippen molar-refractivity contribution in [2.75, 3.05) is 13.1 Å². The minimum absolute atomic E-state index is 0.113. The maximum absolute atomic E-state index is 12.6. The van der Waals surface area contributed by atoms with Crippen molar-refractivity contribution in [2.24, 2.45) is 5.92 Å². The minimum atomic E-state index is -1.06. The highest BCUT2D eigenvalue weighted by Crippen LogP contribution is 2.37. The van der Waals surface area contributed by atoms with Crippen LogP contribution in [0, 0.1) is 5.92 Å². The molecule has 2 aliphatic heterocycles. The third-order valence-corrected chi connectivity index (χ3v) is 4.98. The average molecular weight is 390 g/mol. The standard InChI is InChI=1S/C20H26N2O6/c1-20(2,3)28-19(26)22-15(17(23)24)9-14-10-21(11-16(14)22)18(25)27-12-13-7-5-4-6-8-13/h4-8,14-16H,9-12H2,1-3H3,(H,23,24)/t14-,15-,16+/m0/s1. The predicted octanol–water partition coefficient (Wildman–Crippen LogP) is 2.72. The molecule has 8 nitrogen and oxygen atoms in total. The molecule has 0 radical (unpaired) electrons. The Kier molecular flexibility index (Phi) is 5.49. The van der Waals surface area contributed by atoms with Gasteiger partial charge in [-0.3, -0.25) is 4.90 Å². The molecule has 28 heavy (non-hydrogen) atoms. The van der Waals surface area contributed by atoms with Gasteiger partial charge in [-0.05, 0) is 32.8 Å². The molecule has 1 aromatic rings. The monoisotopic (exact) mass is 390 g/mol. The first kappa shape index (κ1) is 20.0. The molecule has 0 aliphatic carbocycles. The van der Waals surface area contributed by atoms with Crippen LogP contribution in [0.4, 0.5) is 9.59 Å². The number of carbonyl (C=O) groups excluding carboxylic acids is 2. The summed E-state index contributed by atoms with van der Waals surface area (Å²) >= 11 is 0. The summed E-state index contributed by atoms with van der Waals surface area (Å²) in [4.78, 5) is 39.5. The number of aliphatic carboxylic acids is 1. The molecule has 0 bridgehead atoms. The first-order valence-corrected chi connectivity index (χ1v) is 9.35. The lowest BCUT2D eigenvalue weighted by Gasteiger charge is -2.31. The number of fused-ring (bicyclic) bond motifs is 1. The summed E-state index contributed by atoms with van der Waals surface area (Å²) < 4.78 is 10.8. The Morgan fingerprint density at radius 2 is 1.79 bits per heavy atom. The molecule has 3 rings (SSSR count). The number of carboxylic acid groups (broad SMARTS) is 1. The van der Waals surface area contributed by atoms with Gasteiger partial charge < -0.3 is 19.5 Å². The molecule has 2 saturated heterocycles. The van der Waals surface area contributed by atoms with Gasteiger partial charge in [0.25, 0.3) is 0 Å². The van der Waals surface area contributed by atoms with Crippen LogP contribution < -0.4 is 0 Å². The topological polar surface area (TPSA) is 96.4 Å². The van der Waals surface area contributed by atoms with Crippen LogP contribution in [0.1, 0.15) is 32.8 Å². The summed E-state index contributed by atoms with van der Waals surface area (Å²) in [6.45, 7) is 5.96. The number of ether oxygens (including phenoxy) is 2. The van der Waals surface area contributed by atoms with Gasteiger partial charge in [0.05, 0.1) is 6.04 Å². The van der Waals surface area contributed by atoms with Crippen molar-refractivity contribution in [1.82, 2.24) is 9.80 Å². The van der Waals surface area contributed by atoms with Crippen molar-refractivity contribution in [3.05, 3.63) is 35.9 Å². The zero-order chi connectivity index (χ0) is 20.5. The molecule has 2 heterocycles. The first-order chi connectivity index (χ1) is 13.2. The highest BCUT2D eigenvalue weighted by molar-refractivity contribution is 5.81. The van der Waals surface area contributed by atoms with Gasteiger partial charge in [0.1, 0.15) is 18.2 Å². The van der Waals surface area contributed by atoms with Crippen LogP contribution in [-0.4, -0.2) is 63.8 Å². The second-order valence-electron chi connectivity index (χ2n) is 8.25. The lowest BCUT2D eigenvalue weighted by molar-refractivity contribution is -0.142. The Hall–Kier alpha value is -2.77. The Morgan fingerprint density at radius 3 is 2.39 bits per heavy atom. The molecule has 0 saturated carbocycles. The number of likely N-dealkylation sites (tertiary alicyclic amines) is 2. The average Bonchev–Trinajstić information content (AvgIpc) is 3.16. The fourth-order valence-corrected chi connectivity index (χ4v) is 3.79. The van der Waals surface area contributed by atoms with E-state index in [1.165, 1.54) is 9.80 Å². The van der Waals surface area contributed by atoms with Gasteiger partial charge in [0, 0.05) is 19.0 Å². The number of hydrogen-bond acceptors (Lipinski definition) is 5. The van der Waals surface area contributed by atoms with Crippen LogP contribution in [-0.2, 0) is 20.9 Å². The van der Waals surface area contributed by atoms with E-state index in [9.17, 15) is 19.5 Å². The van der Waals surface area contributed by atoms with Crippen LogP contribution in [0.5, 0.6) is 0 Å². The smallest absolute Gasteiger partial charge is 0.411 e. The molecule has 1 aromatic carbocycles. The van der Waals surface area contributed by atoms with E-state index in [1.54, 1.807) is 20.8 Å². The van der Waals surface area contributed by atoms with E-state index in [4.69, 9.17) is 9.47 Å². The van der Waals surface area contributed by atoms with Gasteiger partial charge in [-0.25, -0.2) is 14.4 Å². The Labute approximate surface area is 164 Å². The molecule has 2 fully saturated rings. The summed E-state index contributed by atoms with van der Waals surface area (Å²) in [5.41, 5.74) is 0.155. The number of carboxylic acids is 1. The van der Waals surface area contributed by atoms with Crippen LogP contribution in [0.25, 0.3) is 0 Å². The van der Waals surface area contributed by atoms with E-state index < -0.39 is 29.8 Å². The largest absolute Gasteiger partial charge is 0.480 e. The molecule has 152 valence electrons. The summed E-state index contributed by atoms with van der Waals surface area (Å²) in [6.07, 6.45) is -0.831. The molecular formula is C20H26N2O6. The minimum Gasteiger partial charge on any atom is -0.480 e. The third kappa shape index (κ3) is 4.37. The Morgan fingerprint density at radius 1 is 1.11 bits per heavy atom. The quantitative estimate of drug-likeness (QED) is 0.852. The van der Waals surface area contributed by atoms with Crippen molar-refractivity contribution >= 4 is 18.2 Å². The van der Waals surface area contributed by atoms with E-state index in [0.29, 0.717) is 13.0 Å². The van der Waals surface area contributed by atoms with E-state index in [1.807, 2.05) is 30.3 Å². The molecule has 1 N–H and O–H groups in total. The zero-order valence-electron chi connectivity index (χ0n) is 16.3. The Bertz CT molecular complexity index is 745. The van der Waals surface area contributed by atoms with Crippen molar-refractivity contribution in [3.63, 3.8) is 0 Å². The van der Waals surface area contributed by atoms with E-state index in [0.717, 1.165) is 5.56 Å². The maximum atomic E-state index is 12.6. The number of rotatable bonds is 3. The summed E-state index contributed by atoms with van der Waals surface area (Å²) in [6, 6.07) is 8.04. The second kappa shape index (κ2) is 7.69. The lowest BCUT2D eigenvalue weighted by atomic mass is 10.0. The number of amides is 2. The van der Waals surface area contributed by atoms with Gasteiger partial charge >= 0.3 is 18.2 Å². The molecule has 2 amide bonds. The van der Waals surface area contributed by atoms with E-state index >= 15 is 0 Å². The number of hydrogen-bond donors (Lipinski definition) is 1. The highest BCUT2D eigenvalue weighted by atomic mass is 16.6. The summed E-state index contributed by atoms with van der Waals surface area (Å²) in [5.74, 6) is -1.17. The lowest BCUT2D eigenvalue weighted by Crippen LogP contribution is -2.49. The fourth-order valence-electron chi connectivity index (χ4n) is 3.79. The van der Waals surface area contributed by atoms with Gasteiger partial charge in [-0.15, -0.1) is 0 Å². The summed E-state index contributed by atoms with van der Waals surface area (Å²) in [7, 11) is 0. The second-order valence-corrected chi connectivity index (χ2v) is 8.25. The van der Waals surface area contributed by atoms with Crippen LogP contribution in [0.15, 0.2) is 30.3 Å². The van der Waals surface area contributed by atoms with Crippen molar-refractivity contribution < 1.29 is 29.0 Å². The zero-order valence-corrected chi connectivity index (χ0v) is 16.3. The molecule has 0 aromatic heterocycles. The van der Waals surface area contributed by atoms with Crippen molar-refractivity contribution in [3.8, 4) is 0 Å². The van der Waals surface area contributed by atoms with Gasteiger partial charge in [-0.2, -0.15) is 0 Å². The van der Waals surface area contributed by atoms with Crippen LogP contribution in [0.3, 0.4) is 0 Å². The fraction of sp³-hybridized carbons (Fsp3) is 0.550. The molecule has 8 heteroatoms. The summed E-state index contributed by atoms with van der Waals surface area (Å²) in [5, 5.41) is 9.52. The molecule has 2 aliphatic rings. The van der Waals surface area contributed by atoms with Crippen LogP contribution >= 0.6 is 0 Å². The van der Waals surface area contributed by atoms with E-state index in [2.05, 4.69) is 0 Å². The number of benzene rings is 1. The maximum Gasteiger partial charge on any atom is 0.411 e. The van der Waals surface area contributed by atoms with Gasteiger partial charge in [-0.1, -0.05) is 30.3 Å². The van der Waals surface area contributed by atoms with Crippen molar-refractivity contribution in [1.29, 1.82) is 0 Å². The van der Waals surface area contributed by atoms with Crippen molar-refractivity contribution in [2.45, 2.75) is 51.5 Å². The SMILES string of the molecule is CC(C)(C)OC(=O)N1[C@@H]2CN(C(=O)OCc3ccccc3)C[C@@H]2C[C@H]1C(=O)O. The van der Waals surface area contributed by atoms with Crippen LogP contribution in [0.2, 0.25) is 0 Å². The molecule has 3 atom stereocenters. The molecular weight excluding hydrogens is 364 g/mol. The Balaban J connectivity index is 1.65. The van der Waals surface area contributed by atoms with E-state index in [-0.39, 0.29) is 25.1 Å². The highest BCUT2D eigenvalue weighted by Gasteiger charge is 2.53. The van der Waals surface area contributed by atoms with Gasteiger partial charge in [0.15, 0.2) is 0 Å². The molecule has 0 spiro atoms. The predicted molar refractivity (Wildman–Crippen MR) is 99.6 cm³/mol. The number of carbonyl (C=O) groups is 3. The first-order valence-electron chi connectivity index (χ1n) is 9.35. The third-order valence-electron chi connectivity index (χ3n) is 4.98. The normalized spacial score (nSPS) is 24.0.